The van der Waals surface area contributed by atoms with E-state index < -0.39 is 49.0 Å². The van der Waals surface area contributed by atoms with Gasteiger partial charge in [0.15, 0.2) is 5.67 Å². The maximum absolute atomic E-state index is 15.4. The summed E-state index contributed by atoms with van der Waals surface area (Å²) in [5.41, 5.74) is -4.07. The van der Waals surface area contributed by atoms with Crippen molar-refractivity contribution in [1.29, 1.82) is 0 Å². The fourth-order valence-electron chi connectivity index (χ4n) is 3.61. The number of carboxylic acids is 1. The number of amides is 2. The number of hydrogen-bond donors (Lipinski definition) is 1. The number of rotatable bonds is 4. The topological polar surface area (TPSA) is 90.8 Å². The van der Waals surface area contributed by atoms with Crippen molar-refractivity contribution in [2.45, 2.75) is 29.3 Å². The normalized spacial score (nSPS) is 23.5. The molecule has 7 nitrogen and oxygen atoms in total. The molecule has 2 amide bonds. The SMILES string of the molecule is Cc1ccc(SCC(=O)N2C[C@]3(F)CN(c4ccccn4)C(=O)[C@]3(F)C2)cc1.O=C(O)C(F)(F)F. The number of halogens is 5. The van der Waals surface area contributed by atoms with Crippen molar-refractivity contribution >= 4 is 35.4 Å². The number of carbonyl (C=O) groups is 3. The fourth-order valence-corrected chi connectivity index (χ4v) is 4.41. The van der Waals surface area contributed by atoms with E-state index >= 15 is 8.78 Å². The summed E-state index contributed by atoms with van der Waals surface area (Å²) in [6.07, 6.45) is -3.62. The lowest BCUT2D eigenvalue weighted by Crippen LogP contribution is -2.47. The number of hydrogen-bond acceptors (Lipinski definition) is 5. The molecule has 2 atom stereocenters. The van der Waals surface area contributed by atoms with Gasteiger partial charge in [-0.15, -0.1) is 11.8 Å². The molecule has 0 bridgehead atoms. The zero-order valence-electron chi connectivity index (χ0n) is 18.3. The van der Waals surface area contributed by atoms with Gasteiger partial charge < -0.3 is 10.0 Å². The van der Waals surface area contributed by atoms with Crippen LogP contribution in [0.3, 0.4) is 0 Å². The molecule has 1 aromatic heterocycles. The summed E-state index contributed by atoms with van der Waals surface area (Å²) in [6.45, 7) is 0.508. The van der Waals surface area contributed by atoms with Gasteiger partial charge in [-0.05, 0) is 31.2 Å². The van der Waals surface area contributed by atoms with Crippen LogP contribution in [0.2, 0.25) is 0 Å². The molecule has 2 aliphatic heterocycles. The summed E-state index contributed by atoms with van der Waals surface area (Å²) in [6, 6.07) is 12.5. The van der Waals surface area contributed by atoms with Gasteiger partial charge in [-0.3, -0.25) is 14.5 Å². The number of alkyl halides is 5. The van der Waals surface area contributed by atoms with E-state index in [1.54, 1.807) is 12.1 Å². The van der Waals surface area contributed by atoms with Crippen LogP contribution in [0, 0.1) is 6.92 Å². The molecule has 0 spiro atoms. The lowest BCUT2D eigenvalue weighted by molar-refractivity contribution is -0.192. The number of aromatic nitrogens is 1. The van der Waals surface area contributed by atoms with Crippen LogP contribution >= 0.6 is 11.8 Å². The third-order valence-electron chi connectivity index (χ3n) is 5.46. The summed E-state index contributed by atoms with van der Waals surface area (Å²) in [7, 11) is 0. The van der Waals surface area contributed by atoms with Crippen molar-refractivity contribution < 1.29 is 41.4 Å². The Labute approximate surface area is 200 Å². The maximum Gasteiger partial charge on any atom is 0.490 e. The van der Waals surface area contributed by atoms with Gasteiger partial charge in [-0.25, -0.2) is 18.6 Å². The fraction of sp³-hybridized carbons (Fsp3) is 0.364. The smallest absolute Gasteiger partial charge is 0.475 e. The molecule has 2 fully saturated rings. The molecule has 4 rings (SSSR count). The average Bonchev–Trinajstić information content (AvgIpc) is 3.18. The molecular formula is C22H20F5N3O4S. The molecule has 188 valence electrons. The zero-order chi connectivity index (χ0) is 26.0. The lowest BCUT2D eigenvalue weighted by Gasteiger charge is -2.22. The Morgan fingerprint density at radius 1 is 1.09 bits per heavy atom. The molecule has 0 aliphatic carbocycles. The minimum atomic E-state index is -5.08. The highest BCUT2D eigenvalue weighted by Gasteiger charge is 2.72. The number of pyridine rings is 1. The van der Waals surface area contributed by atoms with Crippen LogP contribution in [0.15, 0.2) is 53.6 Å². The molecule has 2 saturated heterocycles. The first kappa shape index (κ1) is 26.4. The Balaban J connectivity index is 0.000000429. The van der Waals surface area contributed by atoms with Crippen LogP contribution in [0.25, 0.3) is 0 Å². The lowest BCUT2D eigenvalue weighted by atomic mass is 9.93. The van der Waals surface area contributed by atoms with Crippen LogP contribution in [-0.4, -0.2) is 75.7 Å². The number of anilines is 1. The van der Waals surface area contributed by atoms with Gasteiger partial charge in [0.25, 0.3) is 5.91 Å². The number of nitrogens with zero attached hydrogens (tertiary/aromatic N) is 3. The number of aryl methyl sites for hydroxylation is 1. The second-order valence-electron chi connectivity index (χ2n) is 8.00. The van der Waals surface area contributed by atoms with Gasteiger partial charge in [-0.2, -0.15) is 13.2 Å². The highest BCUT2D eigenvalue weighted by molar-refractivity contribution is 8.00. The van der Waals surface area contributed by atoms with Crippen molar-refractivity contribution in [3.8, 4) is 0 Å². The van der Waals surface area contributed by atoms with Gasteiger partial charge in [0.2, 0.25) is 11.6 Å². The Hall–Kier alpha value is -3.22. The van der Waals surface area contributed by atoms with Gasteiger partial charge in [0, 0.05) is 11.1 Å². The molecular weight excluding hydrogens is 497 g/mol. The van der Waals surface area contributed by atoms with E-state index in [0.717, 1.165) is 20.3 Å². The molecule has 0 saturated carbocycles. The van der Waals surface area contributed by atoms with Gasteiger partial charge >= 0.3 is 12.1 Å². The summed E-state index contributed by atoms with van der Waals surface area (Å²) in [4.78, 5) is 41.1. The monoisotopic (exact) mass is 517 g/mol. The van der Waals surface area contributed by atoms with Crippen LogP contribution in [0.4, 0.5) is 27.8 Å². The first-order chi connectivity index (χ1) is 16.3. The van der Waals surface area contributed by atoms with Crippen LogP contribution in [0.5, 0.6) is 0 Å². The van der Waals surface area contributed by atoms with Crippen LogP contribution in [0.1, 0.15) is 5.56 Å². The molecule has 0 unspecified atom stereocenters. The molecule has 1 N–H and O–H groups in total. The predicted molar refractivity (Wildman–Crippen MR) is 116 cm³/mol. The first-order valence-electron chi connectivity index (χ1n) is 10.1. The van der Waals surface area contributed by atoms with E-state index in [9.17, 15) is 22.8 Å². The van der Waals surface area contributed by atoms with Crippen molar-refractivity contribution in [2.75, 3.05) is 30.3 Å². The first-order valence-corrected chi connectivity index (χ1v) is 11.1. The highest BCUT2D eigenvalue weighted by atomic mass is 32.2. The summed E-state index contributed by atoms with van der Waals surface area (Å²) >= 11 is 1.31. The number of thioether (sulfide) groups is 1. The van der Waals surface area contributed by atoms with Crippen LogP contribution in [-0.2, 0) is 14.4 Å². The molecule has 1 aromatic carbocycles. The molecule has 13 heteroatoms. The molecule has 0 radical (unpaired) electrons. The number of benzene rings is 1. The quantitative estimate of drug-likeness (QED) is 0.494. The highest BCUT2D eigenvalue weighted by Crippen LogP contribution is 2.46. The number of carbonyl (C=O) groups excluding carboxylic acids is 2. The van der Waals surface area contributed by atoms with Gasteiger partial charge in [0.1, 0.15) is 5.82 Å². The second kappa shape index (κ2) is 9.80. The Kier molecular flexibility index (Phi) is 7.39. The number of fused-ring (bicyclic) bond motifs is 1. The summed E-state index contributed by atoms with van der Waals surface area (Å²) < 4.78 is 62.6. The largest absolute Gasteiger partial charge is 0.490 e. The van der Waals surface area contributed by atoms with Crippen molar-refractivity contribution in [2.24, 2.45) is 0 Å². The number of aliphatic carboxylic acids is 1. The third kappa shape index (κ3) is 5.55. The third-order valence-corrected chi connectivity index (χ3v) is 6.45. The molecule has 2 aliphatic rings. The minimum Gasteiger partial charge on any atom is -0.475 e. The average molecular weight is 517 g/mol. The minimum absolute atomic E-state index is 0.0629. The van der Waals surface area contributed by atoms with E-state index in [1.165, 1.54) is 24.0 Å². The predicted octanol–water partition coefficient (Wildman–Crippen LogP) is 3.42. The van der Waals surface area contributed by atoms with Gasteiger partial charge in [-0.1, -0.05) is 23.8 Å². The molecule has 3 heterocycles. The molecule has 35 heavy (non-hydrogen) atoms. The van der Waals surface area contributed by atoms with Crippen molar-refractivity contribution in [3.63, 3.8) is 0 Å². The Morgan fingerprint density at radius 3 is 2.23 bits per heavy atom. The maximum atomic E-state index is 15.4. The van der Waals surface area contributed by atoms with E-state index in [0.29, 0.717) is 0 Å². The van der Waals surface area contributed by atoms with E-state index in [2.05, 4.69) is 4.98 Å². The Bertz CT molecular complexity index is 1100. The Morgan fingerprint density at radius 2 is 1.71 bits per heavy atom. The van der Waals surface area contributed by atoms with Gasteiger partial charge in [0.05, 0.1) is 25.4 Å². The number of carboxylic acid groups (broad SMARTS) is 1. The van der Waals surface area contributed by atoms with Crippen molar-refractivity contribution in [3.05, 3.63) is 54.2 Å². The van der Waals surface area contributed by atoms with E-state index in [-0.39, 0.29) is 17.5 Å². The second-order valence-corrected chi connectivity index (χ2v) is 9.05. The number of likely N-dealkylation sites (tertiary alicyclic amines) is 1. The molecule has 2 aromatic rings. The zero-order valence-corrected chi connectivity index (χ0v) is 19.1. The van der Waals surface area contributed by atoms with Crippen LogP contribution < -0.4 is 4.90 Å². The van der Waals surface area contributed by atoms with E-state index in [4.69, 9.17) is 9.90 Å². The van der Waals surface area contributed by atoms with E-state index in [1.807, 2.05) is 31.2 Å². The van der Waals surface area contributed by atoms with Crippen molar-refractivity contribution in [1.82, 2.24) is 9.88 Å². The standard InChI is InChI=1S/C20H19F2N3O2S.C2HF3O2/c1-14-5-7-15(8-6-14)28-10-17(26)24-11-19(21)12-25(16-4-2-3-9-23-16)18(27)20(19,22)13-24;3-2(4,5)1(6)7/h2-9H,10-13H2,1H3;(H,6,7)/t19-,20+;/m0./s1. The summed E-state index contributed by atoms with van der Waals surface area (Å²) in [5, 5.41) is 7.12. The summed E-state index contributed by atoms with van der Waals surface area (Å²) in [5.74, 6) is -3.84.